The quantitative estimate of drug-likeness (QED) is 0.735. The molecule has 0 aliphatic carbocycles. The number of hydrogen-bond acceptors (Lipinski definition) is 2. The zero-order valence-corrected chi connectivity index (χ0v) is 11.3. The van der Waals surface area contributed by atoms with Crippen LogP contribution in [0.2, 0.25) is 0 Å². The molecule has 0 fully saturated rings. The summed E-state index contributed by atoms with van der Waals surface area (Å²) in [6.45, 7) is 8.06. The van der Waals surface area contributed by atoms with Crippen molar-refractivity contribution in [2.45, 2.75) is 40.0 Å². The van der Waals surface area contributed by atoms with E-state index in [1.54, 1.807) is 0 Å². The van der Waals surface area contributed by atoms with Gasteiger partial charge in [0.25, 0.3) is 0 Å². The van der Waals surface area contributed by atoms with Crippen molar-refractivity contribution in [1.82, 2.24) is 0 Å². The largest absolute Gasteiger partial charge is 0.494 e. The molecule has 2 nitrogen and oxygen atoms in total. The molecule has 0 radical (unpaired) electrons. The molecule has 0 saturated carbocycles. The minimum absolute atomic E-state index is 0.232. The summed E-state index contributed by atoms with van der Waals surface area (Å²) in [7, 11) is 0. The predicted octanol–water partition coefficient (Wildman–Crippen LogP) is 3.39. The van der Waals surface area contributed by atoms with Gasteiger partial charge in [-0.15, -0.1) is 0 Å². The number of nitrogens with two attached hydrogens (primary N) is 1. The van der Waals surface area contributed by atoms with Crippen LogP contribution in [0.1, 0.15) is 39.2 Å². The van der Waals surface area contributed by atoms with Crippen LogP contribution in [-0.2, 0) is 6.42 Å². The van der Waals surface area contributed by atoms with Gasteiger partial charge in [0.05, 0.1) is 6.61 Å². The number of aryl methyl sites for hydroxylation is 1. The molecule has 0 heterocycles. The standard InChI is InChI=1S/C15H25NO/c1-4-13-6-8-14(9-7-13)17-11-5-10-15(2,3)12-16/h6-9H,4-5,10-12,16H2,1-3H3. The molecule has 0 unspecified atom stereocenters. The van der Waals surface area contributed by atoms with Gasteiger partial charge < -0.3 is 10.5 Å². The van der Waals surface area contributed by atoms with Gasteiger partial charge >= 0.3 is 0 Å². The maximum absolute atomic E-state index is 5.70. The summed E-state index contributed by atoms with van der Waals surface area (Å²) in [5, 5.41) is 0. The summed E-state index contributed by atoms with van der Waals surface area (Å²) in [6.07, 6.45) is 3.24. The van der Waals surface area contributed by atoms with Gasteiger partial charge in [-0.05, 0) is 48.9 Å². The van der Waals surface area contributed by atoms with Crippen molar-refractivity contribution in [2.24, 2.45) is 11.1 Å². The zero-order valence-electron chi connectivity index (χ0n) is 11.3. The van der Waals surface area contributed by atoms with Crippen molar-refractivity contribution < 1.29 is 4.74 Å². The van der Waals surface area contributed by atoms with Crippen LogP contribution in [0.25, 0.3) is 0 Å². The molecule has 17 heavy (non-hydrogen) atoms. The monoisotopic (exact) mass is 235 g/mol. The van der Waals surface area contributed by atoms with Crippen molar-refractivity contribution in [3.8, 4) is 5.75 Å². The highest BCUT2D eigenvalue weighted by Gasteiger charge is 2.14. The Morgan fingerprint density at radius 1 is 1.18 bits per heavy atom. The Morgan fingerprint density at radius 3 is 2.35 bits per heavy atom. The van der Waals surface area contributed by atoms with E-state index in [0.29, 0.717) is 0 Å². The second-order valence-corrected chi connectivity index (χ2v) is 5.32. The fourth-order valence-electron chi connectivity index (χ4n) is 1.66. The lowest BCUT2D eigenvalue weighted by atomic mass is 9.88. The maximum Gasteiger partial charge on any atom is 0.119 e. The van der Waals surface area contributed by atoms with Crippen LogP contribution in [0.5, 0.6) is 5.75 Å². The Hall–Kier alpha value is -1.02. The van der Waals surface area contributed by atoms with Gasteiger partial charge in [-0.1, -0.05) is 32.9 Å². The SMILES string of the molecule is CCc1ccc(OCCCC(C)(C)CN)cc1. The van der Waals surface area contributed by atoms with Gasteiger partial charge in [0, 0.05) is 0 Å². The topological polar surface area (TPSA) is 35.2 Å². The van der Waals surface area contributed by atoms with E-state index in [4.69, 9.17) is 10.5 Å². The van der Waals surface area contributed by atoms with Gasteiger partial charge in [0.15, 0.2) is 0 Å². The number of ether oxygens (including phenoxy) is 1. The third-order valence-corrected chi connectivity index (χ3v) is 3.15. The van der Waals surface area contributed by atoms with Crippen molar-refractivity contribution >= 4 is 0 Å². The van der Waals surface area contributed by atoms with E-state index < -0.39 is 0 Å². The number of benzene rings is 1. The lowest BCUT2D eigenvalue weighted by Gasteiger charge is -2.21. The molecule has 96 valence electrons. The first-order valence-corrected chi connectivity index (χ1v) is 6.49. The van der Waals surface area contributed by atoms with E-state index in [9.17, 15) is 0 Å². The molecule has 0 aliphatic heterocycles. The van der Waals surface area contributed by atoms with Crippen molar-refractivity contribution in [3.05, 3.63) is 29.8 Å². The van der Waals surface area contributed by atoms with Crippen molar-refractivity contribution in [1.29, 1.82) is 0 Å². The van der Waals surface area contributed by atoms with Crippen LogP contribution in [0.4, 0.5) is 0 Å². The first kappa shape index (κ1) is 14.0. The fraction of sp³-hybridized carbons (Fsp3) is 0.600. The van der Waals surface area contributed by atoms with Crippen LogP contribution in [0.3, 0.4) is 0 Å². The lowest BCUT2D eigenvalue weighted by Crippen LogP contribution is -2.23. The van der Waals surface area contributed by atoms with E-state index >= 15 is 0 Å². The summed E-state index contributed by atoms with van der Waals surface area (Å²) in [6, 6.07) is 8.35. The molecule has 0 spiro atoms. The van der Waals surface area contributed by atoms with Gasteiger partial charge in [-0.2, -0.15) is 0 Å². The minimum atomic E-state index is 0.232. The van der Waals surface area contributed by atoms with Gasteiger partial charge in [-0.3, -0.25) is 0 Å². The molecule has 0 aliphatic rings. The van der Waals surface area contributed by atoms with Crippen molar-refractivity contribution in [3.63, 3.8) is 0 Å². The zero-order chi connectivity index (χ0) is 12.7. The fourth-order valence-corrected chi connectivity index (χ4v) is 1.66. The molecule has 0 amide bonds. The third kappa shape index (κ3) is 5.22. The van der Waals surface area contributed by atoms with Gasteiger partial charge in [0.2, 0.25) is 0 Å². The highest BCUT2D eigenvalue weighted by Crippen LogP contribution is 2.20. The Balaban J connectivity index is 2.26. The molecule has 0 saturated heterocycles. The molecule has 1 rings (SSSR count). The summed E-state index contributed by atoms with van der Waals surface area (Å²) in [5.74, 6) is 0.966. The highest BCUT2D eigenvalue weighted by atomic mass is 16.5. The van der Waals surface area contributed by atoms with Gasteiger partial charge in [-0.25, -0.2) is 0 Å². The molecule has 0 atom stereocenters. The molecule has 0 bridgehead atoms. The predicted molar refractivity (Wildman–Crippen MR) is 73.4 cm³/mol. The van der Waals surface area contributed by atoms with Crippen LogP contribution >= 0.6 is 0 Å². The first-order valence-electron chi connectivity index (χ1n) is 6.49. The molecule has 1 aromatic rings. The molecule has 1 aromatic carbocycles. The van der Waals surface area contributed by atoms with E-state index in [0.717, 1.165) is 38.2 Å². The molecular formula is C15H25NO. The summed E-state index contributed by atoms with van der Waals surface area (Å²) in [5.41, 5.74) is 7.27. The minimum Gasteiger partial charge on any atom is -0.494 e. The second-order valence-electron chi connectivity index (χ2n) is 5.32. The van der Waals surface area contributed by atoms with Crippen molar-refractivity contribution in [2.75, 3.05) is 13.2 Å². The molecule has 0 aromatic heterocycles. The summed E-state index contributed by atoms with van der Waals surface area (Å²) < 4.78 is 5.70. The third-order valence-electron chi connectivity index (χ3n) is 3.15. The Kier molecular flexibility index (Phi) is 5.49. The summed E-state index contributed by atoms with van der Waals surface area (Å²) >= 11 is 0. The second kappa shape index (κ2) is 6.65. The maximum atomic E-state index is 5.70. The molecular weight excluding hydrogens is 210 g/mol. The summed E-state index contributed by atoms with van der Waals surface area (Å²) in [4.78, 5) is 0. The average Bonchev–Trinajstić information content (AvgIpc) is 2.35. The molecule has 2 heteroatoms. The normalized spacial score (nSPS) is 11.5. The van der Waals surface area contributed by atoms with Crippen LogP contribution in [-0.4, -0.2) is 13.2 Å². The van der Waals surface area contributed by atoms with Crippen LogP contribution in [0, 0.1) is 5.41 Å². The highest BCUT2D eigenvalue weighted by molar-refractivity contribution is 5.27. The van der Waals surface area contributed by atoms with E-state index in [-0.39, 0.29) is 5.41 Å². The first-order chi connectivity index (χ1) is 8.07. The lowest BCUT2D eigenvalue weighted by molar-refractivity contribution is 0.261. The van der Waals surface area contributed by atoms with E-state index in [2.05, 4.69) is 32.9 Å². The number of rotatable bonds is 7. The van der Waals surface area contributed by atoms with E-state index in [1.165, 1.54) is 5.56 Å². The average molecular weight is 235 g/mol. The van der Waals surface area contributed by atoms with Crippen LogP contribution in [0.15, 0.2) is 24.3 Å². The number of hydrogen-bond donors (Lipinski definition) is 1. The Labute approximate surface area is 105 Å². The Morgan fingerprint density at radius 2 is 1.82 bits per heavy atom. The molecule has 2 N–H and O–H groups in total. The Bertz CT molecular complexity index is 316. The van der Waals surface area contributed by atoms with Crippen LogP contribution < -0.4 is 10.5 Å². The van der Waals surface area contributed by atoms with E-state index in [1.807, 2.05) is 12.1 Å². The van der Waals surface area contributed by atoms with Gasteiger partial charge in [0.1, 0.15) is 5.75 Å². The smallest absolute Gasteiger partial charge is 0.119 e.